The number of hydrogen-bond donors (Lipinski definition) is 0. The molecule has 3 nitrogen and oxygen atoms in total. The second-order valence-electron chi connectivity index (χ2n) is 10.4. The van der Waals surface area contributed by atoms with E-state index in [1.165, 1.54) is 7.11 Å². The summed E-state index contributed by atoms with van der Waals surface area (Å²) in [6.07, 6.45) is 2.69. The summed E-state index contributed by atoms with van der Waals surface area (Å²) >= 11 is 3.52. The normalized spacial score (nSPS) is 15.2. The molecule has 0 saturated heterocycles. The molecular weight excluding hydrogens is 432 g/mol. The van der Waals surface area contributed by atoms with Crippen molar-refractivity contribution >= 4 is 30.2 Å². The summed E-state index contributed by atoms with van der Waals surface area (Å²) in [6.45, 7) is 18.7. The van der Waals surface area contributed by atoms with Crippen molar-refractivity contribution in [2.24, 2.45) is 5.41 Å². The molecule has 0 heterocycles. The molecule has 160 valence electrons. The van der Waals surface area contributed by atoms with Crippen molar-refractivity contribution in [3.8, 4) is 0 Å². The molecule has 0 saturated carbocycles. The number of benzene rings is 1. The minimum absolute atomic E-state index is 0.0732. The van der Waals surface area contributed by atoms with Crippen LogP contribution in [0.1, 0.15) is 66.4 Å². The van der Waals surface area contributed by atoms with Crippen LogP contribution >= 0.6 is 15.9 Å². The Bertz CT molecular complexity index is 664. The standard InChI is InChI=1S/C23H39BrO3Si/c1-21(2,3)28(8,9)27-17-22(4,5)14-11-15-23(6,20(25)26-7)18-12-10-13-19(24)16-18/h10,12-13,16H,11,14-15,17H2,1-9H3. The lowest BCUT2D eigenvalue weighted by atomic mass is 9.76. The first-order valence-electron chi connectivity index (χ1n) is 10.1. The molecule has 1 aromatic carbocycles. The van der Waals surface area contributed by atoms with Crippen LogP contribution in [0.4, 0.5) is 0 Å². The van der Waals surface area contributed by atoms with Crippen molar-refractivity contribution in [1.82, 2.24) is 0 Å². The van der Waals surface area contributed by atoms with E-state index in [0.717, 1.165) is 35.9 Å². The molecule has 0 aliphatic carbocycles. The number of hydrogen-bond acceptors (Lipinski definition) is 3. The van der Waals surface area contributed by atoms with Crippen LogP contribution in [-0.4, -0.2) is 28.0 Å². The summed E-state index contributed by atoms with van der Waals surface area (Å²) in [5.41, 5.74) is 0.419. The van der Waals surface area contributed by atoms with Crippen LogP contribution in [0, 0.1) is 5.41 Å². The van der Waals surface area contributed by atoms with Crippen molar-refractivity contribution in [2.45, 2.75) is 84.4 Å². The predicted molar refractivity (Wildman–Crippen MR) is 124 cm³/mol. The number of carbonyl (C=O) groups excluding carboxylic acids is 1. The summed E-state index contributed by atoms with van der Waals surface area (Å²) < 4.78 is 12.6. The van der Waals surface area contributed by atoms with Crippen molar-refractivity contribution in [3.63, 3.8) is 0 Å². The van der Waals surface area contributed by atoms with Gasteiger partial charge in [-0.15, -0.1) is 0 Å². The molecule has 0 radical (unpaired) electrons. The van der Waals surface area contributed by atoms with Gasteiger partial charge in [0, 0.05) is 11.1 Å². The van der Waals surface area contributed by atoms with Gasteiger partial charge < -0.3 is 9.16 Å². The van der Waals surface area contributed by atoms with Gasteiger partial charge in [-0.05, 0) is 61.0 Å². The predicted octanol–water partition coefficient (Wildman–Crippen LogP) is 7.10. The van der Waals surface area contributed by atoms with Crippen molar-refractivity contribution < 1.29 is 14.0 Å². The lowest BCUT2D eigenvalue weighted by molar-refractivity contribution is -0.147. The number of rotatable bonds is 9. The molecule has 1 unspecified atom stereocenters. The van der Waals surface area contributed by atoms with Gasteiger partial charge in [0.1, 0.15) is 0 Å². The fourth-order valence-electron chi connectivity index (χ4n) is 3.01. The Kier molecular flexibility index (Phi) is 8.56. The first kappa shape index (κ1) is 25.4. The SMILES string of the molecule is COC(=O)C(C)(CCCC(C)(C)CO[Si](C)(C)C(C)(C)C)c1cccc(Br)c1. The van der Waals surface area contributed by atoms with Gasteiger partial charge in [0.25, 0.3) is 0 Å². The molecule has 1 aromatic rings. The van der Waals surface area contributed by atoms with Gasteiger partial charge >= 0.3 is 5.97 Å². The van der Waals surface area contributed by atoms with Gasteiger partial charge in [-0.2, -0.15) is 0 Å². The molecule has 5 heteroatoms. The van der Waals surface area contributed by atoms with E-state index in [1.54, 1.807) is 0 Å². The zero-order chi connectivity index (χ0) is 21.8. The lowest BCUT2D eigenvalue weighted by Crippen LogP contribution is -2.43. The van der Waals surface area contributed by atoms with Crippen LogP contribution in [0.2, 0.25) is 18.1 Å². The number of carbonyl (C=O) groups is 1. The first-order chi connectivity index (χ1) is 12.6. The molecule has 0 aliphatic heterocycles. The maximum Gasteiger partial charge on any atom is 0.315 e. The Balaban J connectivity index is 2.80. The third-order valence-electron chi connectivity index (χ3n) is 6.26. The minimum Gasteiger partial charge on any atom is -0.468 e. The number of esters is 1. The molecule has 1 atom stereocenters. The Morgan fingerprint density at radius 1 is 1.07 bits per heavy atom. The smallest absolute Gasteiger partial charge is 0.315 e. The van der Waals surface area contributed by atoms with Crippen LogP contribution in [0.3, 0.4) is 0 Å². The van der Waals surface area contributed by atoms with Crippen LogP contribution in [0.5, 0.6) is 0 Å². The van der Waals surface area contributed by atoms with Crippen LogP contribution in [0.15, 0.2) is 28.7 Å². The molecule has 1 rings (SSSR count). The Labute approximate surface area is 181 Å². The highest BCUT2D eigenvalue weighted by Crippen LogP contribution is 2.39. The monoisotopic (exact) mass is 470 g/mol. The van der Waals surface area contributed by atoms with Crippen molar-refractivity contribution in [3.05, 3.63) is 34.3 Å². The summed E-state index contributed by atoms with van der Waals surface area (Å²) in [4.78, 5) is 12.6. The average Bonchev–Trinajstić information content (AvgIpc) is 2.58. The van der Waals surface area contributed by atoms with E-state index in [9.17, 15) is 4.79 Å². The minimum atomic E-state index is -1.75. The maximum atomic E-state index is 12.6. The van der Waals surface area contributed by atoms with Gasteiger partial charge in [0.2, 0.25) is 0 Å². The van der Waals surface area contributed by atoms with Gasteiger partial charge in [-0.1, -0.05) is 69.1 Å². The van der Waals surface area contributed by atoms with E-state index in [2.05, 4.69) is 63.6 Å². The topological polar surface area (TPSA) is 35.5 Å². The lowest BCUT2D eigenvalue weighted by Gasteiger charge is -2.39. The molecule has 0 bridgehead atoms. The summed E-state index contributed by atoms with van der Waals surface area (Å²) in [5, 5.41) is 0.216. The average molecular weight is 472 g/mol. The molecule has 0 N–H and O–H groups in total. The maximum absolute atomic E-state index is 12.6. The van der Waals surface area contributed by atoms with Gasteiger partial charge in [0.05, 0.1) is 12.5 Å². The highest BCUT2D eigenvalue weighted by atomic mass is 79.9. The summed E-state index contributed by atoms with van der Waals surface area (Å²) in [5.74, 6) is -0.180. The Hall–Kier alpha value is -0.653. The van der Waals surface area contributed by atoms with E-state index in [-0.39, 0.29) is 16.4 Å². The molecule has 0 aliphatic rings. The number of halogens is 1. The van der Waals surface area contributed by atoms with E-state index in [0.29, 0.717) is 0 Å². The molecule has 0 aromatic heterocycles. The van der Waals surface area contributed by atoms with Gasteiger partial charge in [-0.3, -0.25) is 4.79 Å². The van der Waals surface area contributed by atoms with Crippen LogP contribution < -0.4 is 0 Å². The largest absolute Gasteiger partial charge is 0.468 e. The molecule has 0 amide bonds. The molecule has 28 heavy (non-hydrogen) atoms. The van der Waals surface area contributed by atoms with Crippen LogP contribution in [-0.2, 0) is 19.4 Å². The van der Waals surface area contributed by atoms with Gasteiger partial charge in [0.15, 0.2) is 8.32 Å². The van der Waals surface area contributed by atoms with E-state index in [1.807, 2.05) is 31.2 Å². The summed E-state index contributed by atoms with van der Waals surface area (Å²) in [7, 11) is -0.285. The third-order valence-corrected chi connectivity index (χ3v) is 11.2. The molecule has 0 spiro atoms. The fourth-order valence-corrected chi connectivity index (χ4v) is 4.59. The third kappa shape index (κ3) is 6.70. The van der Waals surface area contributed by atoms with Crippen molar-refractivity contribution in [1.29, 1.82) is 0 Å². The second kappa shape index (κ2) is 9.44. The highest BCUT2D eigenvalue weighted by Gasteiger charge is 2.39. The molecular formula is C23H39BrO3Si. The van der Waals surface area contributed by atoms with Crippen LogP contribution in [0.25, 0.3) is 0 Å². The zero-order valence-electron chi connectivity index (χ0n) is 19.2. The van der Waals surface area contributed by atoms with Crippen molar-refractivity contribution in [2.75, 3.05) is 13.7 Å². The first-order valence-corrected chi connectivity index (χ1v) is 13.8. The fraction of sp³-hybridized carbons (Fsp3) is 0.696. The van der Waals surface area contributed by atoms with Gasteiger partial charge in [-0.25, -0.2) is 0 Å². The number of ether oxygens (including phenoxy) is 1. The zero-order valence-corrected chi connectivity index (χ0v) is 21.8. The van der Waals surface area contributed by atoms with E-state index < -0.39 is 13.7 Å². The Morgan fingerprint density at radius 2 is 1.68 bits per heavy atom. The summed E-state index contributed by atoms with van der Waals surface area (Å²) in [6, 6.07) is 7.97. The Morgan fingerprint density at radius 3 is 2.18 bits per heavy atom. The second-order valence-corrected chi connectivity index (χ2v) is 16.1. The van der Waals surface area contributed by atoms with E-state index >= 15 is 0 Å². The quantitative estimate of drug-likeness (QED) is 0.285. The molecule has 0 fully saturated rings. The number of methoxy groups -OCH3 is 1. The van der Waals surface area contributed by atoms with E-state index in [4.69, 9.17) is 9.16 Å². The highest BCUT2D eigenvalue weighted by molar-refractivity contribution is 9.10.